The first-order valence-corrected chi connectivity index (χ1v) is 10.0. The van der Waals surface area contributed by atoms with Gasteiger partial charge in [0.15, 0.2) is 5.11 Å². The van der Waals surface area contributed by atoms with Gasteiger partial charge in [-0.2, -0.15) is 0 Å². The first kappa shape index (κ1) is 21.3. The average Bonchev–Trinajstić information content (AvgIpc) is 2.71. The summed E-state index contributed by atoms with van der Waals surface area (Å²) in [5.74, 6) is 1.19. The SMILES string of the molecule is Cc1cc(C)cc(NC(=S)NC(=O)c2ccc(OCCOc3ccccc3)cc2)c1. The summed E-state index contributed by atoms with van der Waals surface area (Å²) < 4.78 is 11.2. The van der Waals surface area contributed by atoms with Gasteiger partial charge in [-0.3, -0.25) is 10.1 Å². The highest BCUT2D eigenvalue weighted by Gasteiger charge is 2.09. The minimum absolute atomic E-state index is 0.253. The third kappa shape index (κ3) is 6.60. The van der Waals surface area contributed by atoms with E-state index in [1.165, 1.54) is 0 Å². The second kappa shape index (κ2) is 10.4. The van der Waals surface area contributed by atoms with Crippen molar-refractivity contribution in [1.82, 2.24) is 5.32 Å². The number of hydrogen-bond acceptors (Lipinski definition) is 4. The molecule has 0 aliphatic rings. The smallest absolute Gasteiger partial charge is 0.257 e. The number of anilines is 1. The largest absolute Gasteiger partial charge is 0.490 e. The van der Waals surface area contributed by atoms with Crippen molar-refractivity contribution in [2.75, 3.05) is 18.5 Å². The van der Waals surface area contributed by atoms with E-state index in [0.717, 1.165) is 22.6 Å². The number of ether oxygens (including phenoxy) is 2. The van der Waals surface area contributed by atoms with Gasteiger partial charge in [-0.1, -0.05) is 24.3 Å². The van der Waals surface area contributed by atoms with Crippen LogP contribution in [-0.4, -0.2) is 24.2 Å². The highest BCUT2D eigenvalue weighted by molar-refractivity contribution is 7.80. The third-order valence-corrected chi connectivity index (χ3v) is 4.39. The highest BCUT2D eigenvalue weighted by Crippen LogP contribution is 2.15. The summed E-state index contributed by atoms with van der Waals surface area (Å²) in [7, 11) is 0. The van der Waals surface area contributed by atoms with Crippen molar-refractivity contribution in [3.63, 3.8) is 0 Å². The van der Waals surface area contributed by atoms with Crippen LogP contribution in [0.5, 0.6) is 11.5 Å². The van der Waals surface area contributed by atoms with Crippen molar-refractivity contribution in [1.29, 1.82) is 0 Å². The van der Waals surface area contributed by atoms with E-state index in [-0.39, 0.29) is 11.0 Å². The average molecular weight is 421 g/mol. The predicted octanol–water partition coefficient (Wildman–Crippen LogP) is 4.89. The first-order chi connectivity index (χ1) is 14.5. The molecular formula is C24H24N2O3S. The minimum Gasteiger partial charge on any atom is -0.490 e. The number of aryl methyl sites for hydroxylation is 2. The van der Waals surface area contributed by atoms with Crippen molar-refractivity contribution in [2.45, 2.75) is 13.8 Å². The molecule has 0 heterocycles. The van der Waals surface area contributed by atoms with Gasteiger partial charge in [0.25, 0.3) is 5.91 Å². The van der Waals surface area contributed by atoms with Gasteiger partial charge in [0.05, 0.1) is 0 Å². The fraction of sp³-hybridized carbons (Fsp3) is 0.167. The Balaban J connectivity index is 1.45. The van der Waals surface area contributed by atoms with E-state index in [2.05, 4.69) is 16.7 Å². The number of amides is 1. The van der Waals surface area contributed by atoms with Gasteiger partial charge in [0.1, 0.15) is 24.7 Å². The standard InChI is InChI=1S/C24H24N2O3S/c1-17-14-18(2)16-20(15-17)25-24(30)26-23(27)19-8-10-22(11-9-19)29-13-12-28-21-6-4-3-5-7-21/h3-11,14-16H,12-13H2,1-2H3,(H2,25,26,27,30). The normalized spacial score (nSPS) is 10.2. The van der Waals surface area contributed by atoms with Crippen molar-refractivity contribution >= 4 is 28.9 Å². The lowest BCUT2D eigenvalue weighted by Crippen LogP contribution is -2.34. The van der Waals surface area contributed by atoms with Crippen LogP contribution in [0.1, 0.15) is 21.5 Å². The first-order valence-electron chi connectivity index (χ1n) is 9.61. The number of thiocarbonyl (C=S) groups is 1. The number of hydrogen-bond donors (Lipinski definition) is 2. The van der Waals surface area contributed by atoms with Crippen molar-refractivity contribution in [2.24, 2.45) is 0 Å². The molecule has 30 heavy (non-hydrogen) atoms. The van der Waals surface area contributed by atoms with Crippen LogP contribution in [0.25, 0.3) is 0 Å². The van der Waals surface area contributed by atoms with Crippen molar-refractivity contribution < 1.29 is 14.3 Å². The number of carbonyl (C=O) groups is 1. The molecule has 1 amide bonds. The molecule has 0 atom stereocenters. The van der Waals surface area contributed by atoms with Crippen molar-refractivity contribution in [3.8, 4) is 11.5 Å². The molecule has 154 valence electrons. The maximum absolute atomic E-state index is 12.4. The molecular weight excluding hydrogens is 396 g/mol. The minimum atomic E-state index is -0.282. The molecule has 0 unspecified atom stereocenters. The van der Waals surface area contributed by atoms with Gasteiger partial charge in [-0.25, -0.2) is 0 Å². The van der Waals surface area contributed by atoms with Gasteiger partial charge in [-0.15, -0.1) is 0 Å². The van der Waals surface area contributed by atoms with Gasteiger partial charge in [0, 0.05) is 11.3 Å². The Morgan fingerprint density at radius 3 is 2.00 bits per heavy atom. The molecule has 0 fully saturated rings. The summed E-state index contributed by atoms with van der Waals surface area (Å²) in [5.41, 5.74) is 3.58. The lowest BCUT2D eigenvalue weighted by Gasteiger charge is -2.12. The molecule has 2 N–H and O–H groups in total. The second-order valence-electron chi connectivity index (χ2n) is 6.82. The molecule has 0 aromatic heterocycles. The second-order valence-corrected chi connectivity index (χ2v) is 7.23. The Labute approximate surface area is 182 Å². The molecule has 3 rings (SSSR count). The zero-order valence-electron chi connectivity index (χ0n) is 17.0. The monoisotopic (exact) mass is 420 g/mol. The van der Waals surface area contributed by atoms with Gasteiger partial charge >= 0.3 is 0 Å². The molecule has 0 aliphatic carbocycles. The highest BCUT2D eigenvalue weighted by atomic mass is 32.1. The Bertz CT molecular complexity index is 984. The number of nitrogens with one attached hydrogen (secondary N) is 2. The van der Waals surface area contributed by atoms with E-state index < -0.39 is 0 Å². The molecule has 3 aromatic rings. The Morgan fingerprint density at radius 1 is 0.833 bits per heavy atom. The summed E-state index contributed by atoms with van der Waals surface area (Å²) in [5, 5.41) is 5.99. The molecule has 0 radical (unpaired) electrons. The van der Waals surface area contributed by atoms with Crippen LogP contribution >= 0.6 is 12.2 Å². The summed E-state index contributed by atoms with van der Waals surface area (Å²) in [6.07, 6.45) is 0. The van der Waals surface area contributed by atoms with Gasteiger partial charge < -0.3 is 14.8 Å². The maximum Gasteiger partial charge on any atom is 0.257 e. The molecule has 0 saturated carbocycles. The van der Waals surface area contributed by atoms with Crippen LogP contribution in [0.3, 0.4) is 0 Å². The van der Waals surface area contributed by atoms with Gasteiger partial charge in [0.2, 0.25) is 0 Å². The van der Waals surface area contributed by atoms with E-state index in [9.17, 15) is 4.79 Å². The van der Waals surface area contributed by atoms with Crippen LogP contribution < -0.4 is 20.1 Å². The number of carbonyl (C=O) groups excluding carboxylic acids is 1. The number of para-hydroxylation sites is 1. The summed E-state index contributed by atoms with van der Waals surface area (Å²) in [6.45, 7) is 4.86. The van der Waals surface area contributed by atoms with Crippen LogP contribution in [-0.2, 0) is 0 Å². The molecule has 0 saturated heterocycles. The van der Waals surface area contributed by atoms with Crippen LogP contribution in [0.2, 0.25) is 0 Å². The van der Waals surface area contributed by atoms with Crippen LogP contribution in [0.15, 0.2) is 72.8 Å². The fourth-order valence-corrected chi connectivity index (χ4v) is 3.13. The van der Waals surface area contributed by atoms with Crippen LogP contribution in [0, 0.1) is 13.8 Å². The predicted molar refractivity (Wildman–Crippen MR) is 123 cm³/mol. The zero-order chi connectivity index (χ0) is 21.3. The van der Waals surface area contributed by atoms with E-state index in [1.807, 2.05) is 56.3 Å². The molecule has 6 heteroatoms. The maximum atomic E-state index is 12.4. The third-order valence-electron chi connectivity index (χ3n) is 4.19. The Hall–Kier alpha value is -3.38. The molecule has 3 aromatic carbocycles. The lowest BCUT2D eigenvalue weighted by atomic mass is 10.1. The zero-order valence-corrected chi connectivity index (χ0v) is 17.8. The fourth-order valence-electron chi connectivity index (χ4n) is 2.92. The van der Waals surface area contributed by atoms with E-state index in [0.29, 0.717) is 24.5 Å². The number of benzene rings is 3. The molecule has 5 nitrogen and oxygen atoms in total. The summed E-state index contributed by atoms with van der Waals surface area (Å²) in [4.78, 5) is 12.4. The summed E-state index contributed by atoms with van der Waals surface area (Å²) in [6, 6.07) is 22.5. The van der Waals surface area contributed by atoms with E-state index in [1.54, 1.807) is 24.3 Å². The van der Waals surface area contributed by atoms with Crippen LogP contribution in [0.4, 0.5) is 5.69 Å². The molecule has 0 spiro atoms. The van der Waals surface area contributed by atoms with Gasteiger partial charge in [-0.05, 0) is 85.7 Å². The topological polar surface area (TPSA) is 59.6 Å². The molecule has 0 aliphatic heterocycles. The van der Waals surface area contributed by atoms with E-state index in [4.69, 9.17) is 21.7 Å². The van der Waals surface area contributed by atoms with Crippen molar-refractivity contribution in [3.05, 3.63) is 89.5 Å². The Morgan fingerprint density at radius 2 is 1.40 bits per heavy atom. The number of rotatable bonds is 7. The lowest BCUT2D eigenvalue weighted by molar-refractivity contribution is 0.0977. The molecule has 0 bridgehead atoms. The van der Waals surface area contributed by atoms with E-state index >= 15 is 0 Å². The Kier molecular flexibility index (Phi) is 7.40. The quantitative estimate of drug-likeness (QED) is 0.421. The summed E-state index contributed by atoms with van der Waals surface area (Å²) >= 11 is 5.25.